The monoisotopic (exact) mass is 280 g/mol. The average molecular weight is 280 g/mol. The second kappa shape index (κ2) is 5.72. The third kappa shape index (κ3) is 2.55. The predicted octanol–water partition coefficient (Wildman–Crippen LogP) is 1.18. The Kier molecular flexibility index (Phi) is 3.96. The molecule has 2 heterocycles. The summed E-state index contributed by atoms with van der Waals surface area (Å²) in [5.74, 6) is 0.133. The molecule has 112 valence electrons. The van der Waals surface area contributed by atoms with Gasteiger partial charge in [0.25, 0.3) is 0 Å². The Morgan fingerprint density at radius 2 is 1.80 bits per heavy atom. The molecule has 1 amide bonds. The van der Waals surface area contributed by atoms with Crippen molar-refractivity contribution in [3.63, 3.8) is 0 Å². The van der Waals surface area contributed by atoms with Gasteiger partial charge in [-0.1, -0.05) is 6.42 Å². The number of amides is 1. The molecule has 0 aromatic rings. The normalized spacial score (nSPS) is 34.2. The topological polar surface area (TPSA) is 60.9 Å². The molecule has 1 aliphatic carbocycles. The number of aliphatic carboxylic acids is 1. The number of hydrogen-bond donors (Lipinski definition) is 1. The van der Waals surface area contributed by atoms with E-state index in [9.17, 15) is 14.7 Å². The van der Waals surface area contributed by atoms with E-state index in [1.165, 1.54) is 6.42 Å². The molecule has 0 spiro atoms. The summed E-state index contributed by atoms with van der Waals surface area (Å²) < 4.78 is 0. The van der Waals surface area contributed by atoms with Crippen LogP contribution >= 0.6 is 0 Å². The molecule has 1 N–H and O–H groups in total. The number of carboxylic acids is 1. The van der Waals surface area contributed by atoms with Gasteiger partial charge in [-0.05, 0) is 43.9 Å². The van der Waals surface area contributed by atoms with Crippen LogP contribution in [0.15, 0.2) is 0 Å². The Labute approximate surface area is 119 Å². The number of nitrogens with zero attached hydrogens (tertiary/aromatic N) is 2. The Bertz CT molecular complexity index is 393. The van der Waals surface area contributed by atoms with Crippen molar-refractivity contribution in [2.45, 2.75) is 44.6 Å². The van der Waals surface area contributed by atoms with E-state index in [0.29, 0.717) is 12.5 Å². The van der Waals surface area contributed by atoms with E-state index in [0.717, 1.165) is 51.7 Å². The van der Waals surface area contributed by atoms with Crippen LogP contribution in [0.2, 0.25) is 0 Å². The summed E-state index contributed by atoms with van der Waals surface area (Å²) in [6.07, 6.45) is 6.65. The molecule has 1 saturated carbocycles. The molecule has 0 radical (unpaired) electrons. The van der Waals surface area contributed by atoms with E-state index in [-0.39, 0.29) is 11.8 Å². The van der Waals surface area contributed by atoms with Gasteiger partial charge in [0.05, 0.1) is 6.54 Å². The smallest absolute Gasteiger partial charge is 0.321 e. The highest BCUT2D eigenvalue weighted by molar-refractivity contribution is 5.80. The largest absolute Gasteiger partial charge is 0.480 e. The minimum absolute atomic E-state index is 0.121. The molecule has 3 atom stereocenters. The summed E-state index contributed by atoms with van der Waals surface area (Å²) in [4.78, 5) is 27.7. The lowest BCUT2D eigenvalue weighted by atomic mass is 9.94. The zero-order chi connectivity index (χ0) is 14.1. The minimum Gasteiger partial charge on any atom is -0.480 e. The van der Waals surface area contributed by atoms with Gasteiger partial charge in [0.15, 0.2) is 0 Å². The highest BCUT2D eigenvalue weighted by atomic mass is 16.4. The Hall–Kier alpha value is -1.10. The van der Waals surface area contributed by atoms with Crippen LogP contribution < -0.4 is 0 Å². The molecule has 3 unspecified atom stereocenters. The van der Waals surface area contributed by atoms with Crippen molar-refractivity contribution in [1.82, 2.24) is 9.80 Å². The van der Waals surface area contributed by atoms with Crippen LogP contribution in [0.25, 0.3) is 0 Å². The number of piperidine rings is 1. The minimum atomic E-state index is -0.745. The van der Waals surface area contributed by atoms with E-state index in [1.807, 2.05) is 9.80 Å². The van der Waals surface area contributed by atoms with Gasteiger partial charge in [-0.3, -0.25) is 14.5 Å². The van der Waals surface area contributed by atoms with Crippen molar-refractivity contribution in [3.05, 3.63) is 0 Å². The fourth-order valence-corrected chi connectivity index (χ4v) is 4.31. The molecule has 2 aliphatic heterocycles. The van der Waals surface area contributed by atoms with Gasteiger partial charge < -0.3 is 10.0 Å². The van der Waals surface area contributed by atoms with E-state index in [2.05, 4.69) is 0 Å². The van der Waals surface area contributed by atoms with Gasteiger partial charge in [0, 0.05) is 19.6 Å². The van der Waals surface area contributed by atoms with Crippen LogP contribution in [0, 0.1) is 11.8 Å². The first-order valence-electron chi connectivity index (χ1n) is 7.91. The molecule has 20 heavy (non-hydrogen) atoms. The summed E-state index contributed by atoms with van der Waals surface area (Å²) >= 11 is 0. The maximum Gasteiger partial charge on any atom is 0.321 e. The van der Waals surface area contributed by atoms with Crippen molar-refractivity contribution in [2.24, 2.45) is 11.8 Å². The molecule has 0 bridgehead atoms. The van der Waals surface area contributed by atoms with E-state index >= 15 is 0 Å². The molecular weight excluding hydrogens is 256 g/mol. The Balaban J connectivity index is 1.63. The highest BCUT2D eigenvalue weighted by Crippen LogP contribution is 2.42. The number of hydrogen-bond acceptors (Lipinski definition) is 3. The number of carbonyl (C=O) groups excluding carboxylic acids is 1. The molecular formula is C15H24N2O3. The van der Waals surface area contributed by atoms with Gasteiger partial charge in [-0.25, -0.2) is 0 Å². The zero-order valence-electron chi connectivity index (χ0n) is 12.0. The van der Waals surface area contributed by atoms with Crippen LogP contribution in [-0.2, 0) is 9.59 Å². The highest BCUT2D eigenvalue weighted by Gasteiger charge is 2.48. The molecule has 2 saturated heterocycles. The third-order valence-corrected chi connectivity index (χ3v) is 5.29. The first kappa shape index (κ1) is 13.9. The number of rotatable bonds is 3. The molecule has 3 rings (SSSR count). The molecule has 5 nitrogen and oxygen atoms in total. The third-order valence-electron chi connectivity index (χ3n) is 5.29. The predicted molar refractivity (Wildman–Crippen MR) is 74.3 cm³/mol. The van der Waals surface area contributed by atoms with E-state index in [1.54, 1.807) is 0 Å². The van der Waals surface area contributed by atoms with Crippen molar-refractivity contribution in [3.8, 4) is 0 Å². The maximum absolute atomic E-state index is 12.3. The summed E-state index contributed by atoms with van der Waals surface area (Å²) in [6, 6.07) is -0.434. The molecule has 3 aliphatic rings. The summed E-state index contributed by atoms with van der Waals surface area (Å²) in [5, 5.41) is 9.49. The Morgan fingerprint density at radius 3 is 2.50 bits per heavy atom. The van der Waals surface area contributed by atoms with Crippen molar-refractivity contribution < 1.29 is 14.7 Å². The number of carbonyl (C=O) groups is 2. The van der Waals surface area contributed by atoms with Crippen molar-refractivity contribution in [1.29, 1.82) is 0 Å². The second-order valence-corrected chi connectivity index (χ2v) is 6.51. The fourth-order valence-electron chi connectivity index (χ4n) is 4.31. The molecule has 5 heteroatoms. The maximum atomic E-state index is 12.3. The molecule has 0 aromatic carbocycles. The van der Waals surface area contributed by atoms with Gasteiger partial charge >= 0.3 is 5.97 Å². The van der Waals surface area contributed by atoms with Crippen molar-refractivity contribution >= 4 is 11.9 Å². The van der Waals surface area contributed by atoms with Crippen LogP contribution in [0.3, 0.4) is 0 Å². The molecule has 3 fully saturated rings. The first-order chi connectivity index (χ1) is 9.66. The number of carboxylic acid groups (broad SMARTS) is 1. The summed E-state index contributed by atoms with van der Waals surface area (Å²) in [7, 11) is 0. The van der Waals surface area contributed by atoms with Crippen LogP contribution in [0.4, 0.5) is 0 Å². The lowest BCUT2D eigenvalue weighted by Crippen LogP contribution is -2.47. The van der Waals surface area contributed by atoms with Gasteiger partial charge in [-0.15, -0.1) is 0 Å². The van der Waals surface area contributed by atoms with Crippen LogP contribution in [0.5, 0.6) is 0 Å². The average Bonchev–Trinajstić information content (AvgIpc) is 2.99. The summed E-state index contributed by atoms with van der Waals surface area (Å²) in [6.45, 7) is 2.78. The van der Waals surface area contributed by atoms with Crippen LogP contribution in [-0.4, -0.2) is 59.0 Å². The fraction of sp³-hybridized carbons (Fsp3) is 0.867. The first-order valence-corrected chi connectivity index (χ1v) is 7.91. The number of likely N-dealkylation sites (tertiary alicyclic amines) is 2. The molecule has 0 aromatic heterocycles. The lowest BCUT2D eigenvalue weighted by molar-refractivity contribution is -0.145. The van der Waals surface area contributed by atoms with Gasteiger partial charge in [0.1, 0.15) is 6.04 Å². The second-order valence-electron chi connectivity index (χ2n) is 6.51. The standard InChI is InChI=1S/C15H24N2O3/c18-13(16-7-2-1-3-8-16)10-17-9-11-5-4-6-12(11)14(17)15(19)20/h11-12,14H,1-10H2,(H,19,20). The van der Waals surface area contributed by atoms with E-state index in [4.69, 9.17) is 0 Å². The number of fused-ring (bicyclic) bond motifs is 1. The Morgan fingerprint density at radius 1 is 1.05 bits per heavy atom. The quantitative estimate of drug-likeness (QED) is 0.843. The van der Waals surface area contributed by atoms with Crippen molar-refractivity contribution in [2.75, 3.05) is 26.2 Å². The summed E-state index contributed by atoms with van der Waals surface area (Å²) in [5.41, 5.74) is 0. The SMILES string of the molecule is O=C(O)C1C2CCCC2CN1CC(=O)N1CCCCC1. The zero-order valence-corrected chi connectivity index (χ0v) is 12.0. The van der Waals surface area contributed by atoms with E-state index < -0.39 is 12.0 Å². The lowest BCUT2D eigenvalue weighted by Gasteiger charge is -2.30. The van der Waals surface area contributed by atoms with Gasteiger partial charge in [0.2, 0.25) is 5.91 Å². The van der Waals surface area contributed by atoms with Crippen LogP contribution in [0.1, 0.15) is 38.5 Å². The van der Waals surface area contributed by atoms with Gasteiger partial charge in [-0.2, -0.15) is 0 Å².